The smallest absolute Gasteiger partial charge is 0.275 e. The topological polar surface area (TPSA) is 59.2 Å². The van der Waals surface area contributed by atoms with Gasteiger partial charge in [-0.05, 0) is 12.8 Å². The van der Waals surface area contributed by atoms with Gasteiger partial charge in [0.1, 0.15) is 5.00 Å². The van der Waals surface area contributed by atoms with Crippen LogP contribution in [-0.4, -0.2) is 28.9 Å². The number of nitrogen functional groups attached to an aromatic ring is 1. The highest BCUT2D eigenvalue weighted by Crippen LogP contribution is 2.19. The number of nitrogens with two attached hydrogens (primary N) is 1. The van der Waals surface area contributed by atoms with E-state index in [2.05, 4.69) is 4.98 Å². The lowest BCUT2D eigenvalue weighted by Crippen LogP contribution is -2.28. The summed E-state index contributed by atoms with van der Waals surface area (Å²) in [7, 11) is 0. The lowest BCUT2D eigenvalue weighted by Gasteiger charge is -2.13. The highest BCUT2D eigenvalue weighted by Gasteiger charge is 2.22. The van der Waals surface area contributed by atoms with E-state index in [-0.39, 0.29) is 5.91 Å². The minimum atomic E-state index is -0.0174. The van der Waals surface area contributed by atoms with Crippen molar-refractivity contribution in [1.29, 1.82) is 0 Å². The summed E-state index contributed by atoms with van der Waals surface area (Å²) in [5.74, 6) is -0.0174. The van der Waals surface area contributed by atoms with E-state index >= 15 is 0 Å². The van der Waals surface area contributed by atoms with Crippen molar-refractivity contribution >= 4 is 22.2 Å². The maximum Gasteiger partial charge on any atom is 0.275 e. The Morgan fingerprint density at radius 2 is 2.23 bits per heavy atom. The lowest BCUT2D eigenvalue weighted by atomic mass is 10.4. The van der Waals surface area contributed by atoms with Crippen LogP contribution in [0.25, 0.3) is 0 Å². The van der Waals surface area contributed by atoms with Gasteiger partial charge in [-0.2, -0.15) is 0 Å². The molecule has 0 aromatic carbocycles. The maximum absolute atomic E-state index is 11.7. The number of anilines is 1. The fraction of sp³-hybridized carbons (Fsp3) is 0.500. The summed E-state index contributed by atoms with van der Waals surface area (Å²) >= 11 is 1.31. The quantitative estimate of drug-likeness (QED) is 0.729. The number of hydrogen-bond acceptors (Lipinski definition) is 4. The van der Waals surface area contributed by atoms with Crippen molar-refractivity contribution in [2.45, 2.75) is 12.8 Å². The molecular formula is C8H11N3OS. The second-order valence-corrected chi connectivity index (χ2v) is 3.95. The molecule has 0 atom stereocenters. The molecule has 1 aromatic rings. The van der Waals surface area contributed by atoms with Gasteiger partial charge in [0.25, 0.3) is 5.91 Å². The molecule has 1 aliphatic rings. The standard InChI is InChI=1S/C8H11N3OS/c9-7-6(10-5-13-7)8(12)11-3-1-2-4-11/h5H,1-4,9H2. The Labute approximate surface area is 80.4 Å². The number of thiazole rings is 1. The Morgan fingerprint density at radius 3 is 2.77 bits per heavy atom. The molecule has 4 nitrogen and oxygen atoms in total. The van der Waals surface area contributed by atoms with Gasteiger partial charge in [0.05, 0.1) is 5.51 Å². The number of amides is 1. The van der Waals surface area contributed by atoms with E-state index in [9.17, 15) is 4.79 Å². The van der Waals surface area contributed by atoms with Gasteiger partial charge in [-0.15, -0.1) is 11.3 Å². The van der Waals surface area contributed by atoms with E-state index < -0.39 is 0 Å². The molecule has 2 N–H and O–H groups in total. The Bertz CT molecular complexity index is 317. The minimum Gasteiger partial charge on any atom is -0.389 e. The van der Waals surface area contributed by atoms with E-state index in [4.69, 9.17) is 5.73 Å². The molecule has 5 heteroatoms. The van der Waals surface area contributed by atoms with Gasteiger partial charge in [-0.25, -0.2) is 4.98 Å². The maximum atomic E-state index is 11.7. The van der Waals surface area contributed by atoms with Crippen LogP contribution in [-0.2, 0) is 0 Å². The van der Waals surface area contributed by atoms with Crippen LogP contribution >= 0.6 is 11.3 Å². The molecule has 1 saturated heterocycles. The molecule has 0 unspecified atom stereocenters. The Hall–Kier alpha value is -1.10. The van der Waals surface area contributed by atoms with Crippen LogP contribution < -0.4 is 5.73 Å². The molecule has 1 aliphatic heterocycles. The number of hydrogen-bond donors (Lipinski definition) is 1. The fourth-order valence-electron chi connectivity index (χ4n) is 1.49. The summed E-state index contributed by atoms with van der Waals surface area (Å²) in [6, 6.07) is 0. The Balaban J connectivity index is 2.17. The van der Waals surface area contributed by atoms with E-state index in [1.54, 1.807) is 5.51 Å². The molecule has 2 heterocycles. The molecule has 13 heavy (non-hydrogen) atoms. The molecule has 1 fully saturated rings. The fourth-order valence-corrected chi connectivity index (χ4v) is 2.01. The Morgan fingerprint density at radius 1 is 1.54 bits per heavy atom. The first-order valence-electron chi connectivity index (χ1n) is 4.27. The van der Waals surface area contributed by atoms with Gasteiger partial charge in [-0.3, -0.25) is 4.79 Å². The molecule has 0 saturated carbocycles. The number of carbonyl (C=O) groups excluding carboxylic acids is 1. The molecule has 0 bridgehead atoms. The van der Waals surface area contributed by atoms with Crippen molar-refractivity contribution < 1.29 is 4.79 Å². The molecule has 1 amide bonds. The van der Waals surface area contributed by atoms with Crippen LogP contribution in [0.5, 0.6) is 0 Å². The van der Waals surface area contributed by atoms with Crippen molar-refractivity contribution in [1.82, 2.24) is 9.88 Å². The van der Waals surface area contributed by atoms with Crippen molar-refractivity contribution in [2.75, 3.05) is 18.8 Å². The second kappa shape index (κ2) is 3.33. The van der Waals surface area contributed by atoms with Crippen LogP contribution in [0.4, 0.5) is 5.00 Å². The number of nitrogens with zero attached hydrogens (tertiary/aromatic N) is 2. The summed E-state index contributed by atoms with van der Waals surface area (Å²) in [6.07, 6.45) is 2.19. The normalized spacial score (nSPS) is 16.5. The molecule has 70 valence electrons. The van der Waals surface area contributed by atoms with Gasteiger partial charge >= 0.3 is 0 Å². The van der Waals surface area contributed by atoms with E-state index in [0.717, 1.165) is 25.9 Å². The highest BCUT2D eigenvalue weighted by atomic mass is 32.1. The lowest BCUT2D eigenvalue weighted by molar-refractivity contribution is 0.0789. The third kappa shape index (κ3) is 1.51. The second-order valence-electron chi connectivity index (χ2n) is 3.06. The zero-order valence-corrected chi connectivity index (χ0v) is 8.01. The van der Waals surface area contributed by atoms with Crippen molar-refractivity contribution in [3.63, 3.8) is 0 Å². The Kier molecular flexibility index (Phi) is 2.18. The van der Waals surface area contributed by atoms with Crippen LogP contribution in [0.3, 0.4) is 0 Å². The first-order chi connectivity index (χ1) is 6.29. The summed E-state index contributed by atoms with van der Waals surface area (Å²) in [5.41, 5.74) is 7.65. The predicted octanol–water partition coefficient (Wildman–Crippen LogP) is 0.961. The number of aromatic nitrogens is 1. The predicted molar refractivity (Wildman–Crippen MR) is 51.7 cm³/mol. The largest absolute Gasteiger partial charge is 0.389 e. The summed E-state index contributed by atoms with van der Waals surface area (Å²) in [4.78, 5) is 17.5. The number of likely N-dealkylation sites (tertiary alicyclic amines) is 1. The molecule has 0 aliphatic carbocycles. The van der Waals surface area contributed by atoms with Gasteiger partial charge < -0.3 is 10.6 Å². The average Bonchev–Trinajstić information content (AvgIpc) is 2.72. The zero-order chi connectivity index (χ0) is 9.26. The van der Waals surface area contributed by atoms with Crippen LogP contribution in [0, 0.1) is 0 Å². The molecule has 0 spiro atoms. The minimum absolute atomic E-state index is 0.0174. The first kappa shape index (κ1) is 8.50. The number of carbonyl (C=O) groups is 1. The molecule has 2 rings (SSSR count). The third-order valence-corrected chi connectivity index (χ3v) is 2.85. The third-order valence-electron chi connectivity index (χ3n) is 2.19. The van der Waals surface area contributed by atoms with Gasteiger partial charge in [0.2, 0.25) is 0 Å². The van der Waals surface area contributed by atoms with Crippen LogP contribution in [0.2, 0.25) is 0 Å². The molecule has 1 aromatic heterocycles. The van der Waals surface area contributed by atoms with Crippen molar-refractivity contribution in [3.05, 3.63) is 11.2 Å². The van der Waals surface area contributed by atoms with Crippen LogP contribution in [0.1, 0.15) is 23.3 Å². The van der Waals surface area contributed by atoms with Gasteiger partial charge in [0.15, 0.2) is 5.69 Å². The SMILES string of the molecule is Nc1scnc1C(=O)N1CCCC1. The van der Waals surface area contributed by atoms with E-state index in [1.807, 2.05) is 4.90 Å². The van der Waals surface area contributed by atoms with Gasteiger partial charge in [0, 0.05) is 13.1 Å². The summed E-state index contributed by atoms with van der Waals surface area (Å²) in [6.45, 7) is 1.69. The molecular weight excluding hydrogens is 186 g/mol. The van der Waals surface area contributed by atoms with E-state index in [0.29, 0.717) is 10.7 Å². The average molecular weight is 197 g/mol. The monoisotopic (exact) mass is 197 g/mol. The number of rotatable bonds is 1. The zero-order valence-electron chi connectivity index (χ0n) is 7.19. The first-order valence-corrected chi connectivity index (χ1v) is 5.15. The highest BCUT2D eigenvalue weighted by molar-refractivity contribution is 7.14. The van der Waals surface area contributed by atoms with Crippen LogP contribution in [0.15, 0.2) is 5.51 Å². The van der Waals surface area contributed by atoms with E-state index in [1.165, 1.54) is 11.3 Å². The molecule has 0 radical (unpaired) electrons. The van der Waals surface area contributed by atoms with Crippen molar-refractivity contribution in [2.24, 2.45) is 0 Å². The van der Waals surface area contributed by atoms with Crippen molar-refractivity contribution in [3.8, 4) is 0 Å². The van der Waals surface area contributed by atoms with Gasteiger partial charge in [-0.1, -0.05) is 0 Å². The summed E-state index contributed by atoms with van der Waals surface area (Å²) in [5, 5.41) is 0.525. The summed E-state index contributed by atoms with van der Waals surface area (Å²) < 4.78 is 0.